The smallest absolute Gasteiger partial charge is 0.260 e. The van der Waals surface area contributed by atoms with E-state index in [-0.39, 0.29) is 5.56 Å². The van der Waals surface area contributed by atoms with E-state index in [9.17, 15) is 4.79 Å². The summed E-state index contributed by atoms with van der Waals surface area (Å²) in [6, 6.07) is 5.04. The molecular weight excluding hydrogens is 264 g/mol. The van der Waals surface area contributed by atoms with Gasteiger partial charge in [-0.1, -0.05) is 18.5 Å². The van der Waals surface area contributed by atoms with E-state index in [4.69, 9.17) is 11.6 Å². The van der Waals surface area contributed by atoms with E-state index in [2.05, 4.69) is 15.1 Å². The van der Waals surface area contributed by atoms with Crippen LogP contribution in [-0.2, 0) is 6.42 Å². The van der Waals surface area contributed by atoms with Crippen molar-refractivity contribution in [3.05, 3.63) is 51.5 Å². The summed E-state index contributed by atoms with van der Waals surface area (Å²) in [5.41, 5.74) is 1.45. The minimum atomic E-state index is -0.226. The monoisotopic (exact) mass is 274 g/mol. The maximum atomic E-state index is 12.0. The average Bonchev–Trinajstić information content (AvgIpc) is 2.88. The van der Waals surface area contributed by atoms with Gasteiger partial charge in [-0.2, -0.15) is 5.10 Å². The molecule has 0 spiro atoms. The van der Waals surface area contributed by atoms with E-state index in [1.807, 2.05) is 13.1 Å². The standard InChI is InChI=1S/C13H11ClN4O/c1-2-8-6-15-18(7-8)13-16-11-4-3-9(14)5-10(11)12(19)17-13/h3-7H,2H2,1H3,(H,16,17,19). The summed E-state index contributed by atoms with van der Waals surface area (Å²) in [5.74, 6) is 0.402. The van der Waals surface area contributed by atoms with Crippen LogP contribution >= 0.6 is 11.6 Å². The molecule has 0 saturated heterocycles. The van der Waals surface area contributed by atoms with Crippen LogP contribution in [-0.4, -0.2) is 19.7 Å². The Morgan fingerprint density at radius 3 is 3.00 bits per heavy atom. The summed E-state index contributed by atoms with van der Waals surface area (Å²) in [6.45, 7) is 2.04. The van der Waals surface area contributed by atoms with Crippen molar-refractivity contribution in [2.24, 2.45) is 0 Å². The number of H-pyrrole nitrogens is 1. The fourth-order valence-corrected chi connectivity index (χ4v) is 2.04. The van der Waals surface area contributed by atoms with Gasteiger partial charge in [0.2, 0.25) is 5.95 Å². The number of nitrogens with zero attached hydrogens (tertiary/aromatic N) is 3. The Kier molecular flexibility index (Phi) is 2.83. The summed E-state index contributed by atoms with van der Waals surface area (Å²) < 4.78 is 1.56. The highest BCUT2D eigenvalue weighted by atomic mass is 35.5. The van der Waals surface area contributed by atoms with Crippen LogP contribution in [0, 0.1) is 0 Å². The van der Waals surface area contributed by atoms with Crippen molar-refractivity contribution < 1.29 is 0 Å². The van der Waals surface area contributed by atoms with Crippen LogP contribution in [0.1, 0.15) is 12.5 Å². The van der Waals surface area contributed by atoms with Gasteiger partial charge in [-0.25, -0.2) is 9.67 Å². The molecule has 0 aliphatic heterocycles. The minimum Gasteiger partial charge on any atom is -0.290 e. The molecule has 5 nitrogen and oxygen atoms in total. The van der Waals surface area contributed by atoms with E-state index >= 15 is 0 Å². The van der Waals surface area contributed by atoms with Crippen molar-refractivity contribution in [1.29, 1.82) is 0 Å². The lowest BCUT2D eigenvalue weighted by Gasteiger charge is -2.02. The first-order chi connectivity index (χ1) is 9.17. The first kappa shape index (κ1) is 11.9. The molecule has 1 aromatic carbocycles. The van der Waals surface area contributed by atoms with Crippen molar-refractivity contribution >= 4 is 22.5 Å². The predicted octanol–water partition coefficient (Wildman–Crippen LogP) is 2.32. The van der Waals surface area contributed by atoms with Crippen molar-refractivity contribution in [2.75, 3.05) is 0 Å². The maximum Gasteiger partial charge on any atom is 0.260 e. The summed E-state index contributed by atoms with van der Waals surface area (Å²) in [5, 5.41) is 5.17. The van der Waals surface area contributed by atoms with E-state index in [1.165, 1.54) is 0 Å². The normalized spacial score (nSPS) is 11.1. The number of halogens is 1. The third-order valence-electron chi connectivity index (χ3n) is 2.92. The zero-order chi connectivity index (χ0) is 13.4. The maximum absolute atomic E-state index is 12.0. The first-order valence-electron chi connectivity index (χ1n) is 5.91. The van der Waals surface area contributed by atoms with Gasteiger partial charge in [0.25, 0.3) is 5.56 Å². The molecule has 0 bridgehead atoms. The van der Waals surface area contributed by atoms with Gasteiger partial charge >= 0.3 is 0 Å². The topological polar surface area (TPSA) is 63.6 Å². The van der Waals surface area contributed by atoms with Crippen LogP contribution in [0.15, 0.2) is 35.4 Å². The highest BCUT2D eigenvalue weighted by Crippen LogP contribution is 2.15. The molecule has 19 heavy (non-hydrogen) atoms. The minimum absolute atomic E-state index is 0.226. The third-order valence-corrected chi connectivity index (χ3v) is 3.15. The average molecular weight is 275 g/mol. The van der Waals surface area contributed by atoms with Gasteiger partial charge in [0, 0.05) is 11.2 Å². The Balaban J connectivity index is 2.20. The Labute approximate surface area is 113 Å². The number of benzene rings is 1. The summed E-state index contributed by atoms with van der Waals surface area (Å²) in [4.78, 5) is 19.1. The van der Waals surface area contributed by atoms with Gasteiger partial charge in [0.05, 0.1) is 17.1 Å². The van der Waals surface area contributed by atoms with Crippen LogP contribution < -0.4 is 5.56 Å². The molecule has 0 unspecified atom stereocenters. The Bertz CT molecular complexity index is 806. The van der Waals surface area contributed by atoms with E-state index < -0.39 is 0 Å². The van der Waals surface area contributed by atoms with Gasteiger partial charge in [0.15, 0.2) is 0 Å². The fraction of sp³-hybridized carbons (Fsp3) is 0.154. The molecule has 0 atom stereocenters. The zero-order valence-corrected chi connectivity index (χ0v) is 11.0. The molecule has 0 aliphatic carbocycles. The second-order valence-corrected chi connectivity index (χ2v) is 4.63. The van der Waals surface area contributed by atoms with Crippen molar-refractivity contribution in [1.82, 2.24) is 19.7 Å². The highest BCUT2D eigenvalue weighted by molar-refractivity contribution is 6.31. The second kappa shape index (κ2) is 4.51. The fourth-order valence-electron chi connectivity index (χ4n) is 1.87. The lowest BCUT2D eigenvalue weighted by molar-refractivity contribution is 0.809. The molecule has 6 heteroatoms. The number of aromatic nitrogens is 4. The molecule has 3 aromatic rings. The van der Waals surface area contributed by atoms with Crippen LogP contribution in [0.2, 0.25) is 5.02 Å². The van der Waals surface area contributed by atoms with Crippen LogP contribution in [0.4, 0.5) is 0 Å². The molecule has 0 amide bonds. The number of hydrogen-bond acceptors (Lipinski definition) is 3. The Morgan fingerprint density at radius 2 is 2.26 bits per heavy atom. The van der Waals surface area contributed by atoms with E-state index in [1.54, 1.807) is 29.1 Å². The largest absolute Gasteiger partial charge is 0.290 e. The first-order valence-corrected chi connectivity index (χ1v) is 6.28. The SMILES string of the molecule is CCc1cnn(-c2nc3ccc(Cl)cc3c(=O)[nH]2)c1. The highest BCUT2D eigenvalue weighted by Gasteiger charge is 2.07. The summed E-state index contributed by atoms with van der Waals surface area (Å²) in [7, 11) is 0. The van der Waals surface area contributed by atoms with Crippen molar-refractivity contribution in [3.8, 4) is 5.95 Å². The lowest BCUT2D eigenvalue weighted by atomic mass is 10.2. The molecule has 2 aromatic heterocycles. The van der Waals surface area contributed by atoms with Crippen LogP contribution in [0.3, 0.4) is 0 Å². The lowest BCUT2D eigenvalue weighted by Crippen LogP contribution is -2.13. The zero-order valence-electron chi connectivity index (χ0n) is 10.2. The van der Waals surface area contributed by atoms with Gasteiger partial charge in [-0.05, 0) is 30.2 Å². The number of aromatic amines is 1. The molecule has 3 rings (SSSR count). The van der Waals surface area contributed by atoms with Gasteiger partial charge in [0.1, 0.15) is 0 Å². The van der Waals surface area contributed by atoms with Crippen LogP contribution in [0.25, 0.3) is 16.9 Å². The molecule has 0 saturated carbocycles. The third kappa shape index (κ3) is 2.13. The number of rotatable bonds is 2. The summed E-state index contributed by atoms with van der Waals surface area (Å²) in [6.07, 6.45) is 4.49. The predicted molar refractivity (Wildman–Crippen MR) is 73.9 cm³/mol. The number of aryl methyl sites for hydroxylation is 1. The molecule has 96 valence electrons. The number of nitrogens with one attached hydrogen (secondary N) is 1. The number of fused-ring (bicyclic) bond motifs is 1. The number of hydrogen-bond donors (Lipinski definition) is 1. The van der Waals surface area contributed by atoms with E-state index in [0.29, 0.717) is 21.9 Å². The summed E-state index contributed by atoms with van der Waals surface area (Å²) >= 11 is 5.87. The Morgan fingerprint density at radius 1 is 1.42 bits per heavy atom. The van der Waals surface area contributed by atoms with Gasteiger partial charge in [-0.15, -0.1) is 0 Å². The van der Waals surface area contributed by atoms with Gasteiger partial charge in [-0.3, -0.25) is 9.78 Å². The molecule has 0 aliphatic rings. The quantitative estimate of drug-likeness (QED) is 0.780. The van der Waals surface area contributed by atoms with E-state index in [0.717, 1.165) is 12.0 Å². The van der Waals surface area contributed by atoms with Gasteiger partial charge < -0.3 is 0 Å². The molecule has 1 N–H and O–H groups in total. The van der Waals surface area contributed by atoms with Crippen LogP contribution in [0.5, 0.6) is 0 Å². The van der Waals surface area contributed by atoms with Crippen molar-refractivity contribution in [2.45, 2.75) is 13.3 Å². The van der Waals surface area contributed by atoms with Crippen molar-refractivity contribution in [3.63, 3.8) is 0 Å². The molecule has 2 heterocycles. The molecule has 0 fully saturated rings. The molecular formula is C13H11ClN4O. The second-order valence-electron chi connectivity index (χ2n) is 4.20. The molecule has 0 radical (unpaired) electrons. The Hall–Kier alpha value is -2.14.